The number of carbonyl (C=O) groups is 1. The molecule has 22 heavy (non-hydrogen) atoms. The standard InChI is InChI=1S/C16H20ClNO4/c1-21-15(19)7-5-3-2-4-6-10-18-13-11-12(17)8-9-14(13)22-16(18)20/h8-9,11H,2-7,10H2,1H3. The molecule has 0 saturated carbocycles. The summed E-state index contributed by atoms with van der Waals surface area (Å²) in [5.41, 5.74) is 1.30. The molecule has 0 aliphatic carbocycles. The quantitative estimate of drug-likeness (QED) is 0.547. The SMILES string of the molecule is COC(=O)CCCCCCCn1c(=O)oc2ccc(Cl)cc21. The first kappa shape index (κ1) is 16.6. The summed E-state index contributed by atoms with van der Waals surface area (Å²) in [6, 6.07) is 5.17. The van der Waals surface area contributed by atoms with Gasteiger partial charge in [0, 0.05) is 18.0 Å². The number of ether oxygens (including phenoxy) is 1. The van der Waals surface area contributed by atoms with Crippen molar-refractivity contribution in [3.63, 3.8) is 0 Å². The van der Waals surface area contributed by atoms with E-state index in [0.29, 0.717) is 23.6 Å². The Morgan fingerprint density at radius 3 is 2.73 bits per heavy atom. The van der Waals surface area contributed by atoms with Crippen LogP contribution in [-0.2, 0) is 16.1 Å². The molecule has 0 unspecified atom stereocenters. The summed E-state index contributed by atoms with van der Waals surface area (Å²) in [5, 5.41) is 0.588. The van der Waals surface area contributed by atoms with E-state index in [2.05, 4.69) is 4.74 Å². The molecule has 0 saturated heterocycles. The summed E-state index contributed by atoms with van der Waals surface area (Å²) in [4.78, 5) is 22.8. The summed E-state index contributed by atoms with van der Waals surface area (Å²) in [5.74, 6) is -0.503. The van der Waals surface area contributed by atoms with E-state index >= 15 is 0 Å². The zero-order chi connectivity index (χ0) is 15.9. The number of benzene rings is 1. The second-order valence-corrected chi connectivity index (χ2v) is 5.66. The van der Waals surface area contributed by atoms with Gasteiger partial charge < -0.3 is 9.15 Å². The van der Waals surface area contributed by atoms with E-state index < -0.39 is 0 Å². The molecule has 0 atom stereocenters. The number of rotatable bonds is 8. The third-order valence-electron chi connectivity index (χ3n) is 3.62. The number of halogens is 1. The second-order valence-electron chi connectivity index (χ2n) is 5.23. The molecule has 0 aliphatic rings. The van der Waals surface area contributed by atoms with Crippen LogP contribution in [0.15, 0.2) is 27.4 Å². The van der Waals surface area contributed by atoms with Crippen molar-refractivity contribution in [3.05, 3.63) is 33.8 Å². The number of hydrogen-bond donors (Lipinski definition) is 0. The van der Waals surface area contributed by atoms with Crippen LogP contribution in [0.2, 0.25) is 5.02 Å². The maximum atomic E-state index is 11.8. The number of aromatic nitrogens is 1. The fraction of sp³-hybridized carbons (Fsp3) is 0.500. The van der Waals surface area contributed by atoms with E-state index in [1.165, 1.54) is 7.11 Å². The van der Waals surface area contributed by atoms with Gasteiger partial charge in [-0.2, -0.15) is 0 Å². The first-order valence-electron chi connectivity index (χ1n) is 7.47. The summed E-state index contributed by atoms with van der Waals surface area (Å²) in [6.07, 6.45) is 5.22. The van der Waals surface area contributed by atoms with Gasteiger partial charge in [0.1, 0.15) is 0 Å². The molecule has 0 N–H and O–H groups in total. The summed E-state index contributed by atoms with van der Waals surface area (Å²) in [7, 11) is 1.40. The van der Waals surface area contributed by atoms with Crippen LogP contribution in [0.3, 0.4) is 0 Å². The molecule has 1 aromatic carbocycles. The second kappa shape index (κ2) is 8.03. The van der Waals surface area contributed by atoms with E-state index in [1.54, 1.807) is 22.8 Å². The van der Waals surface area contributed by atoms with E-state index in [1.807, 2.05) is 0 Å². The number of nitrogens with zero attached hydrogens (tertiary/aromatic N) is 1. The molecular weight excluding hydrogens is 306 g/mol. The lowest BCUT2D eigenvalue weighted by atomic mass is 10.1. The molecule has 1 aromatic heterocycles. The Bertz CT molecular complexity index is 689. The van der Waals surface area contributed by atoms with Crippen LogP contribution in [0.5, 0.6) is 0 Å². The van der Waals surface area contributed by atoms with Crippen molar-refractivity contribution >= 4 is 28.7 Å². The fourth-order valence-corrected chi connectivity index (χ4v) is 2.59. The molecule has 0 amide bonds. The molecule has 6 heteroatoms. The van der Waals surface area contributed by atoms with E-state index in [-0.39, 0.29) is 11.7 Å². The fourth-order valence-electron chi connectivity index (χ4n) is 2.42. The van der Waals surface area contributed by atoms with Gasteiger partial charge in [-0.15, -0.1) is 0 Å². The lowest BCUT2D eigenvalue weighted by Gasteiger charge is -2.03. The smallest absolute Gasteiger partial charge is 0.419 e. The van der Waals surface area contributed by atoms with Gasteiger partial charge in [0.05, 0.1) is 12.6 Å². The Hall–Kier alpha value is -1.75. The third-order valence-corrected chi connectivity index (χ3v) is 3.85. The van der Waals surface area contributed by atoms with Crippen LogP contribution in [0.25, 0.3) is 11.1 Å². The van der Waals surface area contributed by atoms with Crippen LogP contribution in [-0.4, -0.2) is 17.6 Å². The van der Waals surface area contributed by atoms with Crippen LogP contribution in [0.1, 0.15) is 38.5 Å². The van der Waals surface area contributed by atoms with Gasteiger partial charge in [0.15, 0.2) is 5.58 Å². The topological polar surface area (TPSA) is 61.4 Å². The highest BCUT2D eigenvalue weighted by Gasteiger charge is 2.09. The van der Waals surface area contributed by atoms with Gasteiger partial charge in [0.2, 0.25) is 0 Å². The number of unbranched alkanes of at least 4 members (excludes halogenated alkanes) is 4. The van der Waals surface area contributed by atoms with Crippen LogP contribution >= 0.6 is 11.6 Å². The third kappa shape index (κ3) is 4.37. The molecule has 0 radical (unpaired) electrons. The maximum Gasteiger partial charge on any atom is 0.419 e. The predicted molar refractivity (Wildman–Crippen MR) is 85.2 cm³/mol. The Kier molecular flexibility index (Phi) is 6.07. The van der Waals surface area contributed by atoms with Crippen LogP contribution in [0.4, 0.5) is 0 Å². The van der Waals surface area contributed by atoms with Crippen LogP contribution in [0, 0.1) is 0 Å². The molecule has 0 aliphatic heterocycles. The van der Waals surface area contributed by atoms with Crippen LogP contribution < -0.4 is 5.76 Å². The first-order chi connectivity index (χ1) is 10.6. The largest absolute Gasteiger partial charge is 0.469 e. The van der Waals surface area contributed by atoms with E-state index in [0.717, 1.165) is 37.6 Å². The maximum absolute atomic E-state index is 11.8. The number of hydrogen-bond acceptors (Lipinski definition) is 4. The summed E-state index contributed by atoms with van der Waals surface area (Å²) in [6.45, 7) is 0.614. The number of methoxy groups -OCH3 is 1. The Morgan fingerprint density at radius 1 is 1.23 bits per heavy atom. The van der Waals surface area contributed by atoms with Crippen molar-refractivity contribution in [2.24, 2.45) is 0 Å². The molecule has 0 spiro atoms. The van der Waals surface area contributed by atoms with Gasteiger partial charge in [-0.05, 0) is 31.0 Å². The summed E-state index contributed by atoms with van der Waals surface area (Å²) < 4.78 is 11.4. The Balaban J connectivity index is 1.78. The zero-order valence-corrected chi connectivity index (χ0v) is 13.4. The highest BCUT2D eigenvalue weighted by atomic mass is 35.5. The normalized spacial score (nSPS) is 11.0. The number of fused-ring (bicyclic) bond motifs is 1. The predicted octanol–water partition coefficient (Wildman–Crippen LogP) is 3.76. The molecule has 1 heterocycles. The van der Waals surface area contributed by atoms with Crippen molar-refractivity contribution in [2.45, 2.75) is 45.1 Å². The lowest BCUT2D eigenvalue weighted by Crippen LogP contribution is -2.14. The molecule has 5 nitrogen and oxygen atoms in total. The Morgan fingerprint density at radius 2 is 1.95 bits per heavy atom. The van der Waals surface area contributed by atoms with Crippen molar-refractivity contribution in [1.82, 2.24) is 4.57 Å². The average molecular weight is 326 g/mol. The highest BCUT2D eigenvalue weighted by Crippen LogP contribution is 2.19. The number of esters is 1. The summed E-state index contributed by atoms with van der Waals surface area (Å²) >= 11 is 5.96. The highest BCUT2D eigenvalue weighted by molar-refractivity contribution is 6.31. The van der Waals surface area contributed by atoms with Crippen molar-refractivity contribution in [2.75, 3.05) is 7.11 Å². The van der Waals surface area contributed by atoms with E-state index in [9.17, 15) is 9.59 Å². The molecule has 120 valence electrons. The number of oxazole rings is 1. The van der Waals surface area contributed by atoms with Crippen molar-refractivity contribution < 1.29 is 13.9 Å². The number of aryl methyl sites for hydroxylation is 1. The minimum atomic E-state index is -0.344. The van der Waals surface area contributed by atoms with Gasteiger partial charge in [0.25, 0.3) is 0 Å². The number of carbonyl (C=O) groups excluding carboxylic acids is 1. The van der Waals surface area contributed by atoms with Gasteiger partial charge in [-0.25, -0.2) is 4.79 Å². The van der Waals surface area contributed by atoms with E-state index in [4.69, 9.17) is 16.0 Å². The van der Waals surface area contributed by atoms with Gasteiger partial charge >= 0.3 is 11.7 Å². The minimum Gasteiger partial charge on any atom is -0.469 e. The average Bonchev–Trinajstić information content (AvgIpc) is 2.81. The molecule has 2 aromatic rings. The van der Waals surface area contributed by atoms with Gasteiger partial charge in [-0.3, -0.25) is 9.36 Å². The lowest BCUT2D eigenvalue weighted by molar-refractivity contribution is -0.140. The molecule has 2 rings (SSSR count). The van der Waals surface area contributed by atoms with Crippen molar-refractivity contribution in [3.8, 4) is 0 Å². The molecule has 0 fully saturated rings. The Labute approximate surface area is 133 Å². The van der Waals surface area contributed by atoms with Crippen molar-refractivity contribution in [1.29, 1.82) is 0 Å². The monoisotopic (exact) mass is 325 g/mol. The first-order valence-corrected chi connectivity index (χ1v) is 7.85. The minimum absolute atomic E-state index is 0.159. The van der Waals surface area contributed by atoms with Gasteiger partial charge in [-0.1, -0.05) is 30.9 Å². The molecular formula is C16H20ClNO4. The zero-order valence-electron chi connectivity index (χ0n) is 12.6. The molecule has 0 bridgehead atoms.